The molecule has 2 atom stereocenters. The fraction of sp³-hybridized carbons (Fsp3) is 0.533. The van der Waals surface area contributed by atoms with Gasteiger partial charge in [0.25, 0.3) is 0 Å². The van der Waals surface area contributed by atoms with E-state index in [4.69, 9.17) is 0 Å². The van der Waals surface area contributed by atoms with E-state index in [0.29, 0.717) is 6.54 Å². The SMILES string of the molecule is CC(O)C1CCCCN1CC(=O)Nc1ccc(Br)cc1. The number of likely N-dealkylation sites (tertiary alicyclic amines) is 1. The second kappa shape index (κ2) is 7.20. The van der Waals surface area contributed by atoms with Gasteiger partial charge in [-0.2, -0.15) is 0 Å². The van der Waals surface area contributed by atoms with Gasteiger partial charge >= 0.3 is 0 Å². The number of benzene rings is 1. The number of amides is 1. The highest BCUT2D eigenvalue weighted by molar-refractivity contribution is 9.10. The zero-order chi connectivity index (χ0) is 14.5. The molecule has 0 saturated carbocycles. The standard InChI is InChI=1S/C15H21BrN2O2/c1-11(19)14-4-2-3-9-18(14)10-15(20)17-13-7-5-12(16)6-8-13/h5-8,11,14,19H,2-4,9-10H2,1H3,(H,17,20). The van der Waals surface area contributed by atoms with Crippen molar-refractivity contribution in [2.45, 2.75) is 38.3 Å². The Labute approximate surface area is 128 Å². The number of aliphatic hydroxyl groups is 1. The molecule has 5 heteroatoms. The highest BCUT2D eigenvalue weighted by Crippen LogP contribution is 2.20. The van der Waals surface area contributed by atoms with Crippen LogP contribution in [0.3, 0.4) is 0 Å². The highest BCUT2D eigenvalue weighted by Gasteiger charge is 2.27. The summed E-state index contributed by atoms with van der Waals surface area (Å²) in [5.74, 6) is -0.0279. The van der Waals surface area contributed by atoms with E-state index in [1.165, 1.54) is 0 Å². The summed E-state index contributed by atoms with van der Waals surface area (Å²) in [4.78, 5) is 14.2. The second-order valence-corrected chi connectivity index (χ2v) is 6.24. The molecule has 0 aliphatic carbocycles. The van der Waals surface area contributed by atoms with Crippen LogP contribution in [0.4, 0.5) is 5.69 Å². The number of nitrogens with zero attached hydrogens (tertiary/aromatic N) is 1. The molecule has 1 aromatic rings. The maximum absolute atomic E-state index is 12.1. The lowest BCUT2D eigenvalue weighted by Gasteiger charge is -2.36. The summed E-state index contributed by atoms with van der Waals surface area (Å²) >= 11 is 3.37. The van der Waals surface area contributed by atoms with Crippen LogP contribution in [0.5, 0.6) is 0 Å². The van der Waals surface area contributed by atoms with Crippen LogP contribution >= 0.6 is 15.9 Å². The van der Waals surface area contributed by atoms with Crippen molar-refractivity contribution in [1.82, 2.24) is 4.90 Å². The summed E-state index contributed by atoms with van der Waals surface area (Å²) in [6.45, 7) is 3.02. The first-order chi connectivity index (χ1) is 9.56. The van der Waals surface area contributed by atoms with E-state index in [1.807, 2.05) is 24.3 Å². The average molecular weight is 341 g/mol. The van der Waals surface area contributed by atoms with E-state index >= 15 is 0 Å². The van der Waals surface area contributed by atoms with Gasteiger partial charge in [0.1, 0.15) is 0 Å². The Morgan fingerprint density at radius 2 is 2.15 bits per heavy atom. The predicted octanol–water partition coefficient (Wildman–Crippen LogP) is 2.62. The lowest BCUT2D eigenvalue weighted by atomic mass is 9.98. The largest absolute Gasteiger partial charge is 0.392 e. The van der Waals surface area contributed by atoms with Gasteiger partial charge in [-0.15, -0.1) is 0 Å². The molecule has 1 amide bonds. The molecular formula is C15H21BrN2O2. The Balaban J connectivity index is 1.91. The molecule has 0 aromatic heterocycles. The zero-order valence-electron chi connectivity index (χ0n) is 11.7. The third-order valence-electron chi connectivity index (χ3n) is 3.70. The first-order valence-corrected chi connectivity index (χ1v) is 7.83. The van der Waals surface area contributed by atoms with E-state index in [1.54, 1.807) is 6.92 Å². The number of piperidine rings is 1. The first kappa shape index (κ1) is 15.5. The lowest BCUT2D eigenvalue weighted by Crippen LogP contribution is -2.48. The molecule has 2 N–H and O–H groups in total. The van der Waals surface area contributed by atoms with Gasteiger partial charge in [0.2, 0.25) is 5.91 Å². The van der Waals surface area contributed by atoms with Gasteiger partial charge in [0.05, 0.1) is 12.6 Å². The van der Waals surface area contributed by atoms with E-state index < -0.39 is 6.10 Å². The van der Waals surface area contributed by atoms with Crippen LogP contribution in [0.2, 0.25) is 0 Å². The molecule has 1 aliphatic rings. The third-order valence-corrected chi connectivity index (χ3v) is 4.22. The van der Waals surface area contributed by atoms with Gasteiger partial charge in [0, 0.05) is 16.2 Å². The lowest BCUT2D eigenvalue weighted by molar-refractivity contribution is -0.118. The van der Waals surface area contributed by atoms with Crippen LogP contribution in [-0.2, 0) is 4.79 Å². The Hall–Kier alpha value is -0.910. The van der Waals surface area contributed by atoms with Crippen molar-refractivity contribution in [2.24, 2.45) is 0 Å². The van der Waals surface area contributed by atoms with Crippen LogP contribution in [0.15, 0.2) is 28.7 Å². The molecule has 1 aliphatic heterocycles. The molecule has 110 valence electrons. The number of anilines is 1. The van der Waals surface area contributed by atoms with E-state index in [-0.39, 0.29) is 11.9 Å². The van der Waals surface area contributed by atoms with Crippen LogP contribution in [0.1, 0.15) is 26.2 Å². The predicted molar refractivity (Wildman–Crippen MR) is 83.7 cm³/mol. The third kappa shape index (κ3) is 4.30. The van der Waals surface area contributed by atoms with Crippen LogP contribution in [0.25, 0.3) is 0 Å². The van der Waals surface area contributed by atoms with E-state index in [2.05, 4.69) is 26.1 Å². The fourth-order valence-corrected chi connectivity index (χ4v) is 2.94. The summed E-state index contributed by atoms with van der Waals surface area (Å²) in [5, 5.41) is 12.7. The average Bonchev–Trinajstić information content (AvgIpc) is 2.41. The van der Waals surface area contributed by atoms with Crippen molar-refractivity contribution in [3.63, 3.8) is 0 Å². The summed E-state index contributed by atoms with van der Waals surface area (Å²) in [7, 11) is 0. The molecular weight excluding hydrogens is 320 g/mol. The molecule has 2 unspecified atom stereocenters. The minimum atomic E-state index is -0.393. The number of nitrogens with one attached hydrogen (secondary N) is 1. The topological polar surface area (TPSA) is 52.6 Å². The fourth-order valence-electron chi connectivity index (χ4n) is 2.68. The minimum Gasteiger partial charge on any atom is -0.392 e. The molecule has 4 nitrogen and oxygen atoms in total. The van der Waals surface area contributed by atoms with E-state index in [0.717, 1.165) is 36.0 Å². The summed E-state index contributed by atoms with van der Waals surface area (Å²) in [6.07, 6.45) is 2.79. The van der Waals surface area contributed by atoms with Gasteiger partial charge in [-0.1, -0.05) is 22.4 Å². The molecule has 1 aromatic carbocycles. The van der Waals surface area contributed by atoms with Gasteiger partial charge < -0.3 is 10.4 Å². The molecule has 1 saturated heterocycles. The van der Waals surface area contributed by atoms with Gasteiger partial charge in [-0.05, 0) is 50.6 Å². The van der Waals surface area contributed by atoms with Crippen molar-refractivity contribution in [2.75, 3.05) is 18.4 Å². The Kier molecular flexibility index (Phi) is 5.57. The summed E-state index contributed by atoms with van der Waals surface area (Å²) < 4.78 is 0.987. The molecule has 0 radical (unpaired) electrons. The molecule has 0 bridgehead atoms. The van der Waals surface area contributed by atoms with Gasteiger partial charge in [-0.3, -0.25) is 9.69 Å². The number of carbonyl (C=O) groups is 1. The van der Waals surface area contributed by atoms with Crippen LogP contribution < -0.4 is 5.32 Å². The van der Waals surface area contributed by atoms with Crippen molar-refractivity contribution in [3.8, 4) is 0 Å². The number of aliphatic hydroxyl groups excluding tert-OH is 1. The van der Waals surface area contributed by atoms with E-state index in [9.17, 15) is 9.90 Å². The number of halogens is 1. The second-order valence-electron chi connectivity index (χ2n) is 5.33. The maximum atomic E-state index is 12.1. The molecule has 20 heavy (non-hydrogen) atoms. The van der Waals surface area contributed by atoms with Gasteiger partial charge in [0.15, 0.2) is 0 Å². The zero-order valence-corrected chi connectivity index (χ0v) is 13.3. The quantitative estimate of drug-likeness (QED) is 0.885. The molecule has 0 spiro atoms. The highest BCUT2D eigenvalue weighted by atomic mass is 79.9. The molecule has 1 fully saturated rings. The Morgan fingerprint density at radius 3 is 2.80 bits per heavy atom. The number of hydrogen-bond acceptors (Lipinski definition) is 3. The Morgan fingerprint density at radius 1 is 1.45 bits per heavy atom. The maximum Gasteiger partial charge on any atom is 0.238 e. The van der Waals surface area contributed by atoms with Crippen molar-refractivity contribution in [1.29, 1.82) is 0 Å². The number of rotatable bonds is 4. The summed E-state index contributed by atoms with van der Waals surface area (Å²) in [6, 6.07) is 7.62. The van der Waals surface area contributed by atoms with Crippen molar-refractivity contribution >= 4 is 27.5 Å². The molecule has 1 heterocycles. The smallest absolute Gasteiger partial charge is 0.238 e. The number of carbonyl (C=O) groups excluding carboxylic acids is 1. The minimum absolute atomic E-state index is 0.0279. The Bertz CT molecular complexity index is 448. The van der Waals surface area contributed by atoms with Crippen LogP contribution in [-0.4, -0.2) is 41.1 Å². The normalized spacial score (nSPS) is 21.4. The molecule has 2 rings (SSSR count). The van der Waals surface area contributed by atoms with Crippen molar-refractivity contribution in [3.05, 3.63) is 28.7 Å². The monoisotopic (exact) mass is 340 g/mol. The van der Waals surface area contributed by atoms with Crippen LogP contribution in [0, 0.1) is 0 Å². The number of hydrogen-bond donors (Lipinski definition) is 2. The van der Waals surface area contributed by atoms with Gasteiger partial charge in [-0.25, -0.2) is 0 Å². The van der Waals surface area contributed by atoms with Crippen molar-refractivity contribution < 1.29 is 9.90 Å². The first-order valence-electron chi connectivity index (χ1n) is 7.04. The summed E-state index contributed by atoms with van der Waals surface area (Å²) in [5.41, 5.74) is 0.795.